The summed E-state index contributed by atoms with van der Waals surface area (Å²) >= 11 is 0. The molecule has 1 aliphatic heterocycles. The summed E-state index contributed by atoms with van der Waals surface area (Å²) in [4.78, 5) is 33.2. The molecule has 1 fully saturated rings. The highest BCUT2D eigenvalue weighted by Gasteiger charge is 2.40. The molecule has 0 saturated carbocycles. The molecule has 1 aromatic carbocycles. The van der Waals surface area contributed by atoms with Crippen LogP contribution in [-0.4, -0.2) is 52.2 Å². The van der Waals surface area contributed by atoms with E-state index < -0.39 is 49.0 Å². The number of aromatic nitrogens is 2. The molecule has 1 saturated heterocycles. The Bertz CT molecular complexity index is 1230. The zero-order valence-corrected chi connectivity index (χ0v) is 17.4. The van der Waals surface area contributed by atoms with Crippen LogP contribution >= 0.6 is 0 Å². The van der Waals surface area contributed by atoms with Crippen molar-refractivity contribution in [3.05, 3.63) is 59.9 Å². The van der Waals surface area contributed by atoms with Gasteiger partial charge in [0.2, 0.25) is 11.8 Å². The lowest BCUT2D eigenvalue weighted by Crippen LogP contribution is -2.40. The molecular weight excluding hydrogens is 463 g/mol. The van der Waals surface area contributed by atoms with Gasteiger partial charge in [-0.05, 0) is 30.3 Å². The highest BCUT2D eigenvalue weighted by atomic mass is 19.4. The fourth-order valence-corrected chi connectivity index (χ4v) is 3.33. The van der Waals surface area contributed by atoms with Gasteiger partial charge in [0.25, 0.3) is 11.8 Å². The van der Waals surface area contributed by atoms with E-state index in [0.29, 0.717) is 22.8 Å². The second-order valence-corrected chi connectivity index (χ2v) is 7.64. The first-order valence-electron chi connectivity index (χ1n) is 10.1. The van der Waals surface area contributed by atoms with Crippen molar-refractivity contribution in [1.82, 2.24) is 20.2 Å². The quantitative estimate of drug-likeness (QED) is 0.558. The van der Waals surface area contributed by atoms with Crippen LogP contribution in [0.1, 0.15) is 22.5 Å². The van der Waals surface area contributed by atoms with Crippen LogP contribution in [0.5, 0.6) is 11.6 Å². The first-order chi connectivity index (χ1) is 16.0. The summed E-state index contributed by atoms with van der Waals surface area (Å²) in [6, 6.07) is 9.56. The average molecular weight is 480 g/mol. The topological polar surface area (TPSA) is 84.4 Å². The smallest absolute Gasteiger partial charge is 0.417 e. The fraction of sp³-hybridized carbons (Fsp3) is 0.273. The molecule has 0 bridgehead atoms. The van der Waals surface area contributed by atoms with Gasteiger partial charge in [-0.3, -0.25) is 9.59 Å². The molecule has 2 amide bonds. The maximum absolute atomic E-state index is 13.2. The SMILES string of the molecule is O=C(NCC(=O)N1CCC(F)(F)C1)c1ccc2cc(Oc3ccc(C(F)(F)F)cn3)ccc2n1. The van der Waals surface area contributed by atoms with E-state index in [1.807, 2.05) is 0 Å². The van der Waals surface area contributed by atoms with Crippen molar-refractivity contribution < 1.29 is 36.3 Å². The molecule has 3 aromatic rings. The van der Waals surface area contributed by atoms with Crippen LogP contribution in [0.2, 0.25) is 0 Å². The maximum atomic E-state index is 13.2. The van der Waals surface area contributed by atoms with Crippen LogP contribution in [-0.2, 0) is 11.0 Å². The molecule has 1 N–H and O–H groups in total. The van der Waals surface area contributed by atoms with E-state index in [0.717, 1.165) is 17.0 Å². The minimum Gasteiger partial charge on any atom is -0.439 e. The Morgan fingerprint density at radius 2 is 1.91 bits per heavy atom. The van der Waals surface area contributed by atoms with Gasteiger partial charge in [0.15, 0.2) is 0 Å². The number of ether oxygens (including phenoxy) is 1. The molecule has 178 valence electrons. The molecule has 1 aliphatic rings. The van der Waals surface area contributed by atoms with E-state index in [1.54, 1.807) is 18.2 Å². The third-order valence-corrected chi connectivity index (χ3v) is 5.10. The summed E-state index contributed by atoms with van der Waals surface area (Å²) in [6.45, 7) is -1.16. The molecular formula is C22H17F5N4O3. The zero-order valence-electron chi connectivity index (χ0n) is 17.4. The second kappa shape index (κ2) is 8.84. The Morgan fingerprint density at radius 3 is 2.56 bits per heavy atom. The number of carbonyl (C=O) groups is 2. The molecule has 3 heterocycles. The number of rotatable bonds is 5. The van der Waals surface area contributed by atoms with Crippen LogP contribution in [0.15, 0.2) is 48.7 Å². The number of amides is 2. The lowest BCUT2D eigenvalue weighted by Gasteiger charge is -2.16. The van der Waals surface area contributed by atoms with Gasteiger partial charge >= 0.3 is 6.18 Å². The van der Waals surface area contributed by atoms with E-state index in [2.05, 4.69) is 15.3 Å². The monoisotopic (exact) mass is 480 g/mol. The summed E-state index contributed by atoms with van der Waals surface area (Å²) in [5.41, 5.74) is -0.454. The summed E-state index contributed by atoms with van der Waals surface area (Å²) in [5, 5.41) is 2.96. The molecule has 2 aromatic heterocycles. The molecule has 0 radical (unpaired) electrons. The summed E-state index contributed by atoms with van der Waals surface area (Å²) in [7, 11) is 0. The number of alkyl halides is 5. The normalized spacial score (nSPS) is 15.4. The summed E-state index contributed by atoms with van der Waals surface area (Å²) < 4.78 is 69.8. The molecule has 0 spiro atoms. The van der Waals surface area contributed by atoms with Crippen LogP contribution in [0.3, 0.4) is 0 Å². The van der Waals surface area contributed by atoms with Crippen molar-refractivity contribution in [3.8, 4) is 11.6 Å². The van der Waals surface area contributed by atoms with Crippen molar-refractivity contribution in [2.75, 3.05) is 19.6 Å². The van der Waals surface area contributed by atoms with E-state index >= 15 is 0 Å². The van der Waals surface area contributed by atoms with Crippen LogP contribution in [0, 0.1) is 0 Å². The van der Waals surface area contributed by atoms with Crippen LogP contribution in [0.4, 0.5) is 22.0 Å². The first kappa shape index (κ1) is 23.3. The Hall–Kier alpha value is -3.83. The second-order valence-electron chi connectivity index (χ2n) is 7.64. The van der Waals surface area contributed by atoms with Gasteiger partial charge in [-0.15, -0.1) is 0 Å². The summed E-state index contributed by atoms with van der Waals surface area (Å²) in [6.07, 6.45) is -4.23. The van der Waals surface area contributed by atoms with Gasteiger partial charge in [0.05, 0.1) is 24.2 Å². The lowest BCUT2D eigenvalue weighted by molar-refractivity contribution is -0.137. The van der Waals surface area contributed by atoms with Gasteiger partial charge in [-0.2, -0.15) is 13.2 Å². The Balaban J connectivity index is 1.39. The van der Waals surface area contributed by atoms with Gasteiger partial charge in [-0.1, -0.05) is 6.07 Å². The third-order valence-electron chi connectivity index (χ3n) is 5.10. The average Bonchev–Trinajstić information content (AvgIpc) is 3.16. The third kappa shape index (κ3) is 5.38. The van der Waals surface area contributed by atoms with E-state index in [-0.39, 0.29) is 18.1 Å². The number of fused-ring (bicyclic) bond motifs is 1. The number of nitrogens with zero attached hydrogens (tertiary/aromatic N) is 3. The van der Waals surface area contributed by atoms with Crippen molar-refractivity contribution in [2.45, 2.75) is 18.5 Å². The van der Waals surface area contributed by atoms with Crippen LogP contribution < -0.4 is 10.1 Å². The molecule has 0 aliphatic carbocycles. The maximum Gasteiger partial charge on any atom is 0.417 e. The van der Waals surface area contributed by atoms with Crippen LogP contribution in [0.25, 0.3) is 10.9 Å². The van der Waals surface area contributed by atoms with Gasteiger partial charge in [0.1, 0.15) is 11.4 Å². The lowest BCUT2D eigenvalue weighted by atomic mass is 10.2. The Kier molecular flexibility index (Phi) is 6.07. The molecule has 12 heteroatoms. The van der Waals surface area contributed by atoms with Gasteiger partial charge in [0, 0.05) is 30.6 Å². The molecule has 7 nitrogen and oxygen atoms in total. The highest BCUT2D eigenvalue weighted by Crippen LogP contribution is 2.30. The first-order valence-corrected chi connectivity index (χ1v) is 10.1. The standard InChI is InChI=1S/C22H17F5N4O3/c23-21(24)7-8-31(12-21)19(32)11-29-20(33)17-4-1-13-9-15(3-5-16(13)30-17)34-18-6-2-14(10-28-18)22(25,26)27/h1-6,9-10H,7-8,11-12H2,(H,29,33). The fourth-order valence-electron chi connectivity index (χ4n) is 3.33. The van der Waals surface area contributed by atoms with Gasteiger partial charge in [-0.25, -0.2) is 18.7 Å². The predicted molar refractivity (Wildman–Crippen MR) is 110 cm³/mol. The molecule has 0 atom stereocenters. The number of pyridine rings is 2. The molecule has 34 heavy (non-hydrogen) atoms. The van der Waals surface area contributed by atoms with Crippen molar-refractivity contribution >= 4 is 22.7 Å². The number of hydrogen-bond donors (Lipinski definition) is 1. The number of carbonyl (C=O) groups excluding carboxylic acids is 2. The predicted octanol–water partition coefficient (Wildman–Crippen LogP) is 4.04. The number of nitrogens with one attached hydrogen (secondary N) is 1. The largest absolute Gasteiger partial charge is 0.439 e. The summed E-state index contributed by atoms with van der Waals surface area (Å²) in [5.74, 6) is -3.89. The Morgan fingerprint density at radius 1 is 1.12 bits per heavy atom. The number of benzene rings is 1. The number of halogens is 5. The number of hydrogen-bond acceptors (Lipinski definition) is 5. The van der Waals surface area contributed by atoms with E-state index in [1.165, 1.54) is 12.1 Å². The minimum absolute atomic E-state index is 0.0186. The van der Waals surface area contributed by atoms with Crippen molar-refractivity contribution in [1.29, 1.82) is 0 Å². The zero-order chi connectivity index (χ0) is 24.5. The van der Waals surface area contributed by atoms with Crippen molar-refractivity contribution in [3.63, 3.8) is 0 Å². The van der Waals surface area contributed by atoms with Gasteiger partial charge < -0.3 is 15.0 Å². The highest BCUT2D eigenvalue weighted by molar-refractivity contribution is 5.97. The van der Waals surface area contributed by atoms with E-state index in [4.69, 9.17) is 4.74 Å². The minimum atomic E-state index is -4.50. The molecule has 0 unspecified atom stereocenters. The van der Waals surface area contributed by atoms with E-state index in [9.17, 15) is 31.5 Å². The molecule has 4 rings (SSSR count). The Labute approximate surface area is 189 Å². The van der Waals surface area contributed by atoms with Crippen molar-refractivity contribution in [2.24, 2.45) is 0 Å². The number of likely N-dealkylation sites (tertiary alicyclic amines) is 1.